The van der Waals surface area contributed by atoms with Crippen LogP contribution in [0.1, 0.15) is 24.0 Å². The lowest BCUT2D eigenvalue weighted by molar-refractivity contribution is 0.645. The molecule has 0 aliphatic carbocycles. The van der Waals surface area contributed by atoms with Gasteiger partial charge in [-0.3, -0.25) is 0 Å². The van der Waals surface area contributed by atoms with E-state index < -0.39 is 0 Å². The van der Waals surface area contributed by atoms with E-state index in [1.54, 1.807) is 0 Å². The number of benzene rings is 1. The fraction of sp³-hybridized carbons (Fsp3) is 0.500. The maximum atomic E-state index is 5.96. The van der Waals surface area contributed by atoms with E-state index in [1.165, 1.54) is 22.8 Å². The quantitative estimate of drug-likeness (QED) is 0.471. The summed E-state index contributed by atoms with van der Waals surface area (Å²) in [4.78, 5) is 0. The third-order valence-corrected chi connectivity index (χ3v) is 3.48. The van der Waals surface area contributed by atoms with E-state index in [-0.39, 0.29) is 0 Å². The monoisotopic (exact) mass is 337 g/mol. The second kappa shape index (κ2) is 7.47. The van der Waals surface area contributed by atoms with Crippen molar-refractivity contribution in [3.8, 4) is 0 Å². The molecule has 3 heteroatoms. The van der Waals surface area contributed by atoms with Gasteiger partial charge in [-0.05, 0) is 47.9 Å². The van der Waals surface area contributed by atoms with E-state index in [2.05, 4.69) is 40.0 Å². The standard InChI is InChI=1S/C12H17ClIN/c1-10-8-11(4-5-12(10)13)9-15-7-3-2-6-14/h4-5,8,15H,2-3,6-7,9H2,1H3. The molecule has 0 aliphatic heterocycles. The SMILES string of the molecule is Cc1cc(CNCCCCI)ccc1Cl. The predicted octanol–water partition coefficient (Wildman–Crippen LogP) is 3.95. The average Bonchev–Trinajstić information content (AvgIpc) is 2.23. The third-order valence-electron chi connectivity index (χ3n) is 2.29. The molecular weight excluding hydrogens is 320 g/mol. The summed E-state index contributed by atoms with van der Waals surface area (Å²) >= 11 is 8.38. The van der Waals surface area contributed by atoms with Crippen molar-refractivity contribution in [1.29, 1.82) is 0 Å². The normalized spacial score (nSPS) is 10.6. The molecular formula is C12H17ClIN. The molecule has 0 bridgehead atoms. The van der Waals surface area contributed by atoms with Gasteiger partial charge >= 0.3 is 0 Å². The highest BCUT2D eigenvalue weighted by molar-refractivity contribution is 14.1. The maximum absolute atomic E-state index is 5.96. The van der Waals surface area contributed by atoms with Gasteiger partial charge in [0.15, 0.2) is 0 Å². The summed E-state index contributed by atoms with van der Waals surface area (Å²) in [7, 11) is 0. The van der Waals surface area contributed by atoms with Gasteiger partial charge in [0.2, 0.25) is 0 Å². The van der Waals surface area contributed by atoms with Crippen molar-refractivity contribution >= 4 is 34.2 Å². The molecule has 84 valence electrons. The largest absolute Gasteiger partial charge is 0.313 e. The first-order valence-corrected chi connectivity index (χ1v) is 7.16. The molecule has 1 aromatic rings. The van der Waals surface area contributed by atoms with E-state index in [1.807, 2.05) is 13.0 Å². The van der Waals surface area contributed by atoms with Crippen LogP contribution in [0.25, 0.3) is 0 Å². The minimum Gasteiger partial charge on any atom is -0.313 e. The molecule has 0 saturated carbocycles. The molecule has 1 nitrogen and oxygen atoms in total. The first-order valence-electron chi connectivity index (χ1n) is 5.25. The molecule has 1 aromatic carbocycles. The van der Waals surface area contributed by atoms with Crippen LogP contribution in [0.3, 0.4) is 0 Å². The van der Waals surface area contributed by atoms with Crippen molar-refractivity contribution in [3.05, 3.63) is 34.3 Å². The van der Waals surface area contributed by atoms with Gasteiger partial charge < -0.3 is 5.32 Å². The number of alkyl halides is 1. The van der Waals surface area contributed by atoms with E-state index in [0.717, 1.165) is 23.7 Å². The van der Waals surface area contributed by atoms with Crippen molar-refractivity contribution in [2.24, 2.45) is 0 Å². The molecule has 15 heavy (non-hydrogen) atoms. The summed E-state index contributed by atoms with van der Waals surface area (Å²) in [5, 5.41) is 4.29. The second-order valence-corrected chi connectivity index (χ2v) is 5.14. The number of hydrogen-bond acceptors (Lipinski definition) is 1. The van der Waals surface area contributed by atoms with Crippen molar-refractivity contribution in [2.45, 2.75) is 26.3 Å². The highest BCUT2D eigenvalue weighted by Gasteiger charge is 1.97. The van der Waals surface area contributed by atoms with E-state index >= 15 is 0 Å². The van der Waals surface area contributed by atoms with Crippen LogP contribution in [-0.4, -0.2) is 11.0 Å². The van der Waals surface area contributed by atoms with Crippen molar-refractivity contribution in [3.63, 3.8) is 0 Å². The van der Waals surface area contributed by atoms with Crippen LogP contribution < -0.4 is 5.32 Å². The highest BCUT2D eigenvalue weighted by Crippen LogP contribution is 2.15. The Labute approximate surface area is 111 Å². The Morgan fingerprint density at radius 3 is 2.80 bits per heavy atom. The van der Waals surface area contributed by atoms with Crippen molar-refractivity contribution in [2.75, 3.05) is 11.0 Å². The molecule has 0 amide bonds. The van der Waals surface area contributed by atoms with Crippen LogP contribution in [0, 0.1) is 6.92 Å². The van der Waals surface area contributed by atoms with Crippen LogP contribution in [0.4, 0.5) is 0 Å². The van der Waals surface area contributed by atoms with E-state index in [9.17, 15) is 0 Å². The lowest BCUT2D eigenvalue weighted by Gasteiger charge is -2.06. The number of hydrogen-bond donors (Lipinski definition) is 1. The number of rotatable bonds is 6. The molecule has 1 N–H and O–H groups in total. The molecule has 1 rings (SSSR count). The topological polar surface area (TPSA) is 12.0 Å². The fourth-order valence-electron chi connectivity index (χ4n) is 1.39. The molecule has 0 unspecified atom stereocenters. The first-order chi connectivity index (χ1) is 7.24. The van der Waals surface area contributed by atoms with Crippen molar-refractivity contribution < 1.29 is 0 Å². The first kappa shape index (κ1) is 13.3. The molecule has 0 heterocycles. The molecule has 0 radical (unpaired) electrons. The zero-order chi connectivity index (χ0) is 11.1. The van der Waals surface area contributed by atoms with Gasteiger partial charge in [-0.25, -0.2) is 0 Å². The summed E-state index contributed by atoms with van der Waals surface area (Å²) in [6, 6.07) is 6.20. The summed E-state index contributed by atoms with van der Waals surface area (Å²) in [5.41, 5.74) is 2.47. The zero-order valence-corrected chi connectivity index (χ0v) is 11.9. The van der Waals surface area contributed by atoms with Gasteiger partial charge in [-0.1, -0.05) is 46.3 Å². The zero-order valence-electron chi connectivity index (χ0n) is 9.02. The minimum absolute atomic E-state index is 0.851. The minimum atomic E-state index is 0.851. The lowest BCUT2D eigenvalue weighted by atomic mass is 10.1. The van der Waals surface area contributed by atoms with Gasteiger partial charge in [0.25, 0.3) is 0 Å². The number of unbranched alkanes of at least 4 members (excludes halogenated alkanes) is 1. The molecule has 0 atom stereocenters. The van der Waals surface area contributed by atoms with Crippen LogP contribution in [0.2, 0.25) is 5.02 Å². The third kappa shape index (κ3) is 5.18. The molecule has 0 spiro atoms. The summed E-state index contributed by atoms with van der Waals surface area (Å²) in [6.07, 6.45) is 2.56. The maximum Gasteiger partial charge on any atom is 0.0435 e. The smallest absolute Gasteiger partial charge is 0.0435 e. The highest BCUT2D eigenvalue weighted by atomic mass is 127. The Hall–Kier alpha value is 0.200. The molecule has 0 saturated heterocycles. The summed E-state index contributed by atoms with van der Waals surface area (Å²) in [6.45, 7) is 4.09. The summed E-state index contributed by atoms with van der Waals surface area (Å²) < 4.78 is 1.25. The van der Waals surface area contributed by atoms with Crippen molar-refractivity contribution in [1.82, 2.24) is 5.32 Å². The van der Waals surface area contributed by atoms with Gasteiger partial charge in [0.05, 0.1) is 0 Å². The molecule has 0 aromatic heterocycles. The van der Waals surface area contributed by atoms with Gasteiger partial charge in [0.1, 0.15) is 0 Å². The van der Waals surface area contributed by atoms with Crippen LogP contribution in [0.5, 0.6) is 0 Å². The number of aryl methyl sites for hydroxylation is 1. The molecule has 0 fully saturated rings. The fourth-order valence-corrected chi connectivity index (χ4v) is 2.05. The van der Waals surface area contributed by atoms with Crippen LogP contribution in [0.15, 0.2) is 18.2 Å². The Morgan fingerprint density at radius 2 is 2.13 bits per heavy atom. The van der Waals surface area contributed by atoms with Gasteiger partial charge in [-0.2, -0.15) is 0 Å². The predicted molar refractivity (Wildman–Crippen MR) is 76.0 cm³/mol. The number of halogens is 2. The molecule has 0 aliphatic rings. The average molecular weight is 338 g/mol. The van der Waals surface area contributed by atoms with Crippen LogP contribution >= 0.6 is 34.2 Å². The second-order valence-electron chi connectivity index (χ2n) is 3.66. The Kier molecular flexibility index (Phi) is 6.61. The Balaban J connectivity index is 2.28. The van der Waals surface area contributed by atoms with E-state index in [4.69, 9.17) is 11.6 Å². The number of nitrogens with one attached hydrogen (secondary N) is 1. The van der Waals surface area contributed by atoms with Gasteiger partial charge in [0, 0.05) is 11.6 Å². The summed E-state index contributed by atoms with van der Waals surface area (Å²) in [5.74, 6) is 0. The Bertz CT molecular complexity index is 302. The van der Waals surface area contributed by atoms with E-state index in [0.29, 0.717) is 0 Å². The van der Waals surface area contributed by atoms with Gasteiger partial charge in [-0.15, -0.1) is 0 Å². The van der Waals surface area contributed by atoms with Crippen LogP contribution in [-0.2, 0) is 6.54 Å². The lowest BCUT2D eigenvalue weighted by Crippen LogP contribution is -2.14. The Morgan fingerprint density at radius 1 is 1.33 bits per heavy atom.